The first-order valence-electron chi connectivity index (χ1n) is 11.4. The first kappa shape index (κ1) is 24.6. The number of carbonyl (C=O) groups excluding carboxylic acids is 1. The summed E-state index contributed by atoms with van der Waals surface area (Å²) in [6.07, 6.45) is 5.05. The van der Waals surface area contributed by atoms with Gasteiger partial charge in [-0.15, -0.1) is 10.2 Å². The topological polar surface area (TPSA) is 85.1 Å². The van der Waals surface area contributed by atoms with Crippen LogP contribution in [0.2, 0.25) is 0 Å². The van der Waals surface area contributed by atoms with Crippen LogP contribution in [0.4, 0.5) is 0 Å². The molecule has 0 unspecified atom stereocenters. The molecular formula is C28H21BrN6OS. The zero-order valence-corrected chi connectivity index (χ0v) is 21.9. The lowest BCUT2D eigenvalue weighted by Gasteiger charge is -2.10. The average Bonchev–Trinajstić information content (AvgIpc) is 3.38. The molecule has 0 aliphatic heterocycles. The molecule has 5 aromatic rings. The number of carbonyl (C=O) groups is 1. The van der Waals surface area contributed by atoms with E-state index in [0.717, 1.165) is 32.4 Å². The van der Waals surface area contributed by atoms with Gasteiger partial charge in [0.05, 0.1) is 12.0 Å². The predicted octanol–water partition coefficient (Wildman–Crippen LogP) is 6.00. The Labute approximate surface area is 226 Å². The van der Waals surface area contributed by atoms with Gasteiger partial charge < -0.3 is 0 Å². The van der Waals surface area contributed by atoms with Crippen molar-refractivity contribution in [3.8, 4) is 28.2 Å². The molecular weight excluding hydrogens is 548 g/mol. The minimum Gasteiger partial charge on any atom is -0.272 e. The number of halogens is 1. The van der Waals surface area contributed by atoms with Gasteiger partial charge in [-0.05, 0) is 53.1 Å². The van der Waals surface area contributed by atoms with E-state index in [2.05, 4.69) is 53.8 Å². The number of thioether (sulfide) groups is 1. The van der Waals surface area contributed by atoms with E-state index in [4.69, 9.17) is 0 Å². The average molecular weight is 569 g/mol. The fourth-order valence-electron chi connectivity index (χ4n) is 3.61. The van der Waals surface area contributed by atoms with E-state index in [9.17, 15) is 4.79 Å². The fraction of sp³-hybridized carbons (Fsp3) is 0.0357. The highest BCUT2D eigenvalue weighted by molar-refractivity contribution is 9.10. The van der Waals surface area contributed by atoms with E-state index < -0.39 is 0 Å². The third-order valence-corrected chi connectivity index (χ3v) is 6.87. The molecule has 0 atom stereocenters. The largest absolute Gasteiger partial charge is 0.272 e. The van der Waals surface area contributed by atoms with Crippen LogP contribution < -0.4 is 5.43 Å². The molecule has 1 amide bonds. The number of rotatable bonds is 8. The van der Waals surface area contributed by atoms with Crippen LogP contribution in [0.25, 0.3) is 28.2 Å². The van der Waals surface area contributed by atoms with Crippen LogP contribution in [-0.2, 0) is 4.79 Å². The molecule has 182 valence electrons. The Morgan fingerprint density at radius 3 is 2.30 bits per heavy atom. The molecule has 2 heterocycles. The number of hydrazone groups is 1. The van der Waals surface area contributed by atoms with E-state index >= 15 is 0 Å². The molecule has 0 radical (unpaired) electrons. The maximum atomic E-state index is 12.5. The summed E-state index contributed by atoms with van der Waals surface area (Å²) in [4.78, 5) is 16.6. The van der Waals surface area contributed by atoms with Gasteiger partial charge in [-0.3, -0.25) is 14.3 Å². The monoisotopic (exact) mass is 568 g/mol. The zero-order chi connectivity index (χ0) is 25.5. The molecule has 0 saturated carbocycles. The smallest absolute Gasteiger partial charge is 0.250 e. The molecule has 0 bridgehead atoms. The first-order chi connectivity index (χ1) is 18.2. The van der Waals surface area contributed by atoms with Crippen LogP contribution in [0.15, 0.2) is 118 Å². The molecule has 7 nitrogen and oxygen atoms in total. The number of amides is 1. The molecule has 0 aliphatic rings. The van der Waals surface area contributed by atoms with Crippen LogP contribution in [0, 0.1) is 0 Å². The molecule has 0 spiro atoms. The quantitative estimate of drug-likeness (QED) is 0.141. The summed E-state index contributed by atoms with van der Waals surface area (Å²) in [5.41, 5.74) is 7.53. The SMILES string of the molecule is O=C(CSc1nnc(-c2ccncc2)n1-c1ccc(Br)cc1)N/N=C/c1ccc(-c2ccccc2)cc1. The molecule has 0 aliphatic carbocycles. The molecule has 0 saturated heterocycles. The Hall–Kier alpha value is -4.08. The van der Waals surface area contributed by atoms with Crippen molar-refractivity contribution in [3.63, 3.8) is 0 Å². The lowest BCUT2D eigenvalue weighted by Crippen LogP contribution is -2.20. The van der Waals surface area contributed by atoms with E-state index in [1.165, 1.54) is 11.8 Å². The maximum Gasteiger partial charge on any atom is 0.250 e. The van der Waals surface area contributed by atoms with Gasteiger partial charge in [0.15, 0.2) is 11.0 Å². The number of nitrogens with one attached hydrogen (secondary N) is 1. The van der Waals surface area contributed by atoms with Crippen molar-refractivity contribution < 1.29 is 4.79 Å². The van der Waals surface area contributed by atoms with E-state index in [1.54, 1.807) is 18.6 Å². The van der Waals surface area contributed by atoms with Gasteiger partial charge in [-0.25, -0.2) is 5.43 Å². The van der Waals surface area contributed by atoms with Gasteiger partial charge in [0, 0.05) is 28.1 Å². The number of hydrogen-bond donors (Lipinski definition) is 1. The normalized spacial score (nSPS) is 11.1. The van der Waals surface area contributed by atoms with Crippen LogP contribution in [0.3, 0.4) is 0 Å². The van der Waals surface area contributed by atoms with Crippen molar-refractivity contribution in [3.05, 3.63) is 113 Å². The van der Waals surface area contributed by atoms with E-state index in [0.29, 0.717) is 11.0 Å². The molecule has 9 heteroatoms. The number of aromatic nitrogens is 4. The Balaban J connectivity index is 1.24. The van der Waals surface area contributed by atoms with Gasteiger partial charge in [0.2, 0.25) is 0 Å². The summed E-state index contributed by atoms with van der Waals surface area (Å²) in [7, 11) is 0. The lowest BCUT2D eigenvalue weighted by molar-refractivity contribution is -0.118. The van der Waals surface area contributed by atoms with Crippen molar-refractivity contribution in [1.82, 2.24) is 25.2 Å². The van der Waals surface area contributed by atoms with Crippen LogP contribution in [0.1, 0.15) is 5.56 Å². The maximum absolute atomic E-state index is 12.5. The number of benzene rings is 3. The number of pyridine rings is 1. The molecule has 1 N–H and O–H groups in total. The minimum atomic E-state index is -0.238. The summed E-state index contributed by atoms with van der Waals surface area (Å²) < 4.78 is 2.90. The van der Waals surface area contributed by atoms with E-state index in [-0.39, 0.29) is 11.7 Å². The fourth-order valence-corrected chi connectivity index (χ4v) is 4.62. The van der Waals surface area contributed by atoms with Crippen LogP contribution in [0.5, 0.6) is 0 Å². The van der Waals surface area contributed by atoms with Crippen molar-refractivity contribution in [2.75, 3.05) is 5.75 Å². The molecule has 0 fully saturated rings. The second-order valence-corrected chi connectivity index (χ2v) is 9.78. The van der Waals surface area contributed by atoms with Crippen LogP contribution >= 0.6 is 27.7 Å². The zero-order valence-electron chi connectivity index (χ0n) is 19.5. The standard InChI is InChI=1S/C28H21BrN6OS/c29-24-10-12-25(13-11-24)35-27(23-14-16-30-17-15-23)33-34-28(35)37-19-26(36)32-31-18-20-6-8-22(9-7-20)21-4-2-1-3-5-21/h1-18H,19H2,(H,32,36)/b31-18+. The van der Waals surface area contributed by atoms with Crippen molar-refractivity contribution >= 4 is 39.8 Å². The Kier molecular flexibility index (Phi) is 7.83. The molecule has 3 aromatic carbocycles. The Morgan fingerprint density at radius 2 is 1.57 bits per heavy atom. The molecule has 5 rings (SSSR count). The van der Waals surface area contributed by atoms with Gasteiger partial charge in [0.1, 0.15) is 0 Å². The highest BCUT2D eigenvalue weighted by Gasteiger charge is 2.17. The van der Waals surface area contributed by atoms with E-state index in [1.807, 2.05) is 83.4 Å². The highest BCUT2D eigenvalue weighted by atomic mass is 79.9. The van der Waals surface area contributed by atoms with Crippen molar-refractivity contribution in [2.24, 2.45) is 5.10 Å². The van der Waals surface area contributed by atoms with Crippen molar-refractivity contribution in [2.45, 2.75) is 5.16 Å². The number of nitrogens with zero attached hydrogens (tertiary/aromatic N) is 5. The summed E-state index contributed by atoms with van der Waals surface area (Å²) in [5, 5.41) is 13.4. The summed E-state index contributed by atoms with van der Waals surface area (Å²) in [6.45, 7) is 0. The Bertz CT molecular complexity index is 1500. The third-order valence-electron chi connectivity index (χ3n) is 5.41. The predicted molar refractivity (Wildman–Crippen MR) is 151 cm³/mol. The van der Waals surface area contributed by atoms with Gasteiger partial charge in [-0.2, -0.15) is 5.10 Å². The van der Waals surface area contributed by atoms with Gasteiger partial charge in [0.25, 0.3) is 5.91 Å². The van der Waals surface area contributed by atoms with Gasteiger partial charge >= 0.3 is 0 Å². The minimum absolute atomic E-state index is 0.134. The lowest BCUT2D eigenvalue weighted by atomic mass is 10.0. The van der Waals surface area contributed by atoms with Gasteiger partial charge in [-0.1, -0.05) is 82.3 Å². The second kappa shape index (κ2) is 11.8. The van der Waals surface area contributed by atoms with Crippen molar-refractivity contribution in [1.29, 1.82) is 0 Å². The summed E-state index contributed by atoms with van der Waals surface area (Å²) in [5.74, 6) is 0.567. The first-order valence-corrected chi connectivity index (χ1v) is 13.2. The number of hydrogen-bond acceptors (Lipinski definition) is 6. The Morgan fingerprint density at radius 1 is 0.865 bits per heavy atom. The van der Waals surface area contributed by atoms with Crippen LogP contribution in [-0.4, -0.2) is 37.6 Å². The second-order valence-electron chi connectivity index (χ2n) is 7.92. The highest BCUT2D eigenvalue weighted by Crippen LogP contribution is 2.28. The summed E-state index contributed by atoms with van der Waals surface area (Å²) in [6, 6.07) is 29.7. The molecule has 37 heavy (non-hydrogen) atoms. The summed E-state index contributed by atoms with van der Waals surface area (Å²) >= 11 is 4.77. The molecule has 2 aromatic heterocycles. The third kappa shape index (κ3) is 6.19.